The van der Waals surface area contributed by atoms with Gasteiger partial charge < -0.3 is 0 Å². The third-order valence-corrected chi connectivity index (χ3v) is 2.94. The van der Waals surface area contributed by atoms with Gasteiger partial charge in [0.25, 0.3) is 0 Å². The van der Waals surface area contributed by atoms with E-state index in [-0.39, 0.29) is 21.5 Å². The van der Waals surface area contributed by atoms with Crippen LogP contribution in [0.1, 0.15) is 12.8 Å². The van der Waals surface area contributed by atoms with Crippen LogP contribution >= 0.6 is 0 Å². The van der Waals surface area contributed by atoms with Crippen LogP contribution in [0.4, 0.5) is 0 Å². The van der Waals surface area contributed by atoms with Crippen LogP contribution in [0.25, 0.3) is 0 Å². The summed E-state index contributed by atoms with van der Waals surface area (Å²) in [6.07, 6.45) is 2.72. The molecule has 0 amide bonds. The Morgan fingerprint density at radius 3 is 2.14 bits per heavy atom. The molecule has 0 aromatic heterocycles. The minimum atomic E-state index is 0.0394. The molecule has 1 fully saturated rings. The first-order chi connectivity index (χ1) is 3.50. The molecule has 0 radical (unpaired) electrons. The standard InChI is InChI=1S/C4H10N2Te/c1-2-4-6-7-5-3-1/h5-6H,1-4H2. The molecule has 1 saturated heterocycles. The van der Waals surface area contributed by atoms with Crippen molar-refractivity contribution in [2.24, 2.45) is 0 Å². The molecule has 7 heavy (non-hydrogen) atoms. The minimum absolute atomic E-state index is 0.0394. The summed E-state index contributed by atoms with van der Waals surface area (Å²) in [6.45, 7) is 2.49. The van der Waals surface area contributed by atoms with Crippen molar-refractivity contribution < 1.29 is 0 Å². The molecule has 3 heteroatoms. The molecule has 0 bridgehead atoms. The van der Waals surface area contributed by atoms with Gasteiger partial charge in [0.2, 0.25) is 0 Å². The van der Waals surface area contributed by atoms with Crippen LogP contribution in [0.5, 0.6) is 0 Å². The fourth-order valence-electron chi connectivity index (χ4n) is 0.547. The molecule has 42 valence electrons. The van der Waals surface area contributed by atoms with Crippen molar-refractivity contribution in [3.63, 3.8) is 0 Å². The van der Waals surface area contributed by atoms with Crippen LogP contribution in [0.3, 0.4) is 0 Å². The molecule has 2 N–H and O–H groups in total. The van der Waals surface area contributed by atoms with Gasteiger partial charge in [-0.25, -0.2) is 0 Å². The predicted octanol–water partition coefficient (Wildman–Crippen LogP) is -0.506. The zero-order valence-electron chi connectivity index (χ0n) is 4.24. The molecule has 1 rings (SSSR count). The van der Waals surface area contributed by atoms with Crippen molar-refractivity contribution in [3.8, 4) is 0 Å². The van der Waals surface area contributed by atoms with Crippen LogP contribution in [0.2, 0.25) is 0 Å². The molecule has 1 aliphatic heterocycles. The van der Waals surface area contributed by atoms with Crippen molar-refractivity contribution in [2.45, 2.75) is 12.8 Å². The Morgan fingerprint density at radius 2 is 1.57 bits per heavy atom. The Balaban J connectivity index is 2.04. The molecule has 0 saturated carbocycles. The second-order valence-corrected chi connectivity index (χ2v) is 3.83. The van der Waals surface area contributed by atoms with Crippen LogP contribution in [0, 0.1) is 0 Å². The summed E-state index contributed by atoms with van der Waals surface area (Å²) < 4.78 is 6.73. The van der Waals surface area contributed by atoms with Gasteiger partial charge in [-0.2, -0.15) is 0 Å². The van der Waals surface area contributed by atoms with E-state index in [1.807, 2.05) is 0 Å². The summed E-state index contributed by atoms with van der Waals surface area (Å²) in [7, 11) is 0. The van der Waals surface area contributed by atoms with E-state index >= 15 is 0 Å². The van der Waals surface area contributed by atoms with Crippen LogP contribution < -0.4 is 7.13 Å². The van der Waals surface area contributed by atoms with Gasteiger partial charge in [0.05, 0.1) is 0 Å². The fraction of sp³-hybridized carbons (Fsp3) is 1.00. The first-order valence-electron chi connectivity index (χ1n) is 2.62. The second kappa shape index (κ2) is 3.68. The third kappa shape index (κ3) is 2.50. The summed E-state index contributed by atoms with van der Waals surface area (Å²) in [5.74, 6) is 0. The first kappa shape index (κ1) is 5.84. The molecular formula is C4H10N2Te. The van der Waals surface area contributed by atoms with Gasteiger partial charge >= 0.3 is 54.5 Å². The van der Waals surface area contributed by atoms with E-state index in [0.717, 1.165) is 0 Å². The van der Waals surface area contributed by atoms with Gasteiger partial charge in [0.1, 0.15) is 0 Å². The Morgan fingerprint density at radius 1 is 1.00 bits per heavy atom. The number of rotatable bonds is 0. The van der Waals surface area contributed by atoms with Gasteiger partial charge in [0, 0.05) is 0 Å². The van der Waals surface area contributed by atoms with Crippen LogP contribution in [0.15, 0.2) is 0 Å². The average Bonchev–Trinajstić information content (AvgIpc) is 1.90. The van der Waals surface area contributed by atoms with Crippen molar-refractivity contribution in [1.29, 1.82) is 0 Å². The van der Waals surface area contributed by atoms with E-state index < -0.39 is 0 Å². The Hall–Kier alpha value is 0.710. The molecule has 0 spiro atoms. The van der Waals surface area contributed by atoms with Crippen molar-refractivity contribution >= 4 is 21.5 Å². The summed E-state index contributed by atoms with van der Waals surface area (Å²) >= 11 is 0.0394. The van der Waals surface area contributed by atoms with E-state index in [1.54, 1.807) is 0 Å². The fourth-order valence-corrected chi connectivity index (χ4v) is 2.25. The van der Waals surface area contributed by atoms with Gasteiger partial charge in [-0.05, 0) is 0 Å². The van der Waals surface area contributed by atoms with Gasteiger partial charge in [-0.15, -0.1) is 0 Å². The van der Waals surface area contributed by atoms with E-state index in [0.29, 0.717) is 0 Å². The van der Waals surface area contributed by atoms with Gasteiger partial charge in [-0.1, -0.05) is 0 Å². The number of hydrogen-bond acceptors (Lipinski definition) is 2. The quantitative estimate of drug-likeness (QED) is 0.530. The average molecular weight is 214 g/mol. The Labute approximate surface area is 54.8 Å². The van der Waals surface area contributed by atoms with Crippen molar-refractivity contribution in [1.82, 2.24) is 7.13 Å². The maximum atomic E-state index is 3.37. The number of nitrogens with one attached hydrogen (secondary N) is 2. The zero-order chi connectivity index (χ0) is 4.95. The first-order valence-corrected chi connectivity index (χ1v) is 4.95. The summed E-state index contributed by atoms with van der Waals surface area (Å²) in [5, 5.41) is 0. The van der Waals surface area contributed by atoms with Crippen LogP contribution in [-0.4, -0.2) is 34.6 Å². The molecule has 0 aromatic carbocycles. The molecular weight excluding hydrogens is 204 g/mol. The van der Waals surface area contributed by atoms with E-state index in [2.05, 4.69) is 7.13 Å². The topological polar surface area (TPSA) is 24.1 Å². The zero-order valence-corrected chi connectivity index (χ0v) is 6.57. The van der Waals surface area contributed by atoms with E-state index in [1.165, 1.54) is 25.9 Å². The molecule has 1 aliphatic rings. The molecule has 0 aliphatic carbocycles. The summed E-state index contributed by atoms with van der Waals surface area (Å²) in [6, 6.07) is 0. The van der Waals surface area contributed by atoms with Crippen molar-refractivity contribution in [2.75, 3.05) is 13.1 Å². The second-order valence-electron chi connectivity index (χ2n) is 1.60. The third-order valence-electron chi connectivity index (χ3n) is 0.952. The summed E-state index contributed by atoms with van der Waals surface area (Å²) in [4.78, 5) is 0. The molecule has 0 atom stereocenters. The van der Waals surface area contributed by atoms with Gasteiger partial charge in [-0.3, -0.25) is 0 Å². The normalized spacial score (nSPS) is 24.0. The summed E-state index contributed by atoms with van der Waals surface area (Å²) in [5.41, 5.74) is 0. The molecule has 2 nitrogen and oxygen atoms in total. The molecule has 0 unspecified atom stereocenters. The van der Waals surface area contributed by atoms with Crippen LogP contribution in [-0.2, 0) is 0 Å². The Kier molecular flexibility index (Phi) is 3.07. The van der Waals surface area contributed by atoms with Crippen molar-refractivity contribution in [3.05, 3.63) is 0 Å². The van der Waals surface area contributed by atoms with Gasteiger partial charge in [0.15, 0.2) is 0 Å². The van der Waals surface area contributed by atoms with E-state index in [4.69, 9.17) is 0 Å². The van der Waals surface area contributed by atoms with E-state index in [9.17, 15) is 0 Å². The SMILES string of the molecule is C1CCN[Te]NC1. The molecule has 0 aromatic rings. The Bertz CT molecular complexity index is 29.3. The monoisotopic (exact) mass is 216 g/mol. The number of hydrogen-bond donors (Lipinski definition) is 2. The predicted molar refractivity (Wildman–Crippen MR) is 31.0 cm³/mol. The molecule has 1 heterocycles. The maximum absolute atomic E-state index is 3.37.